The van der Waals surface area contributed by atoms with E-state index in [-0.39, 0.29) is 6.04 Å². The Bertz CT molecular complexity index is 520. The van der Waals surface area contributed by atoms with Crippen LogP contribution in [0.2, 0.25) is 0 Å². The average molecular weight is 272 g/mol. The zero-order valence-electron chi connectivity index (χ0n) is 12.5. The van der Waals surface area contributed by atoms with E-state index in [1.165, 1.54) is 5.56 Å². The van der Waals surface area contributed by atoms with Gasteiger partial charge in [0.25, 0.3) is 0 Å². The van der Waals surface area contributed by atoms with Gasteiger partial charge in [-0.05, 0) is 32.5 Å². The Kier molecular flexibility index (Phi) is 4.93. The second kappa shape index (κ2) is 6.68. The van der Waals surface area contributed by atoms with Gasteiger partial charge in [0, 0.05) is 24.3 Å². The van der Waals surface area contributed by atoms with Gasteiger partial charge in [-0.15, -0.1) is 0 Å². The van der Waals surface area contributed by atoms with Gasteiger partial charge in [0.15, 0.2) is 0 Å². The van der Waals surface area contributed by atoms with Crippen LogP contribution in [-0.2, 0) is 0 Å². The van der Waals surface area contributed by atoms with Crippen molar-refractivity contribution in [3.05, 3.63) is 48.3 Å². The van der Waals surface area contributed by atoms with Crippen LogP contribution >= 0.6 is 0 Å². The van der Waals surface area contributed by atoms with E-state index in [2.05, 4.69) is 37.1 Å². The Morgan fingerprint density at radius 1 is 1.30 bits per heavy atom. The number of benzene rings is 1. The maximum absolute atomic E-state index is 5.97. The van der Waals surface area contributed by atoms with Crippen molar-refractivity contribution < 1.29 is 0 Å². The van der Waals surface area contributed by atoms with Gasteiger partial charge in [-0.25, -0.2) is 4.68 Å². The largest absolute Gasteiger partial charge is 0.329 e. The van der Waals surface area contributed by atoms with Gasteiger partial charge >= 0.3 is 0 Å². The van der Waals surface area contributed by atoms with Crippen molar-refractivity contribution in [3.63, 3.8) is 0 Å². The lowest BCUT2D eigenvalue weighted by Crippen LogP contribution is -2.36. The first kappa shape index (κ1) is 14.8. The summed E-state index contributed by atoms with van der Waals surface area (Å²) in [6, 6.07) is 10.9. The molecule has 0 fully saturated rings. The van der Waals surface area contributed by atoms with Gasteiger partial charge in [0.2, 0.25) is 0 Å². The molecule has 4 heteroatoms. The Morgan fingerprint density at radius 2 is 2.00 bits per heavy atom. The molecule has 0 amide bonds. The van der Waals surface area contributed by atoms with E-state index < -0.39 is 0 Å². The normalized spacial score (nSPS) is 14.4. The Balaban J connectivity index is 2.22. The van der Waals surface area contributed by atoms with Crippen LogP contribution in [0.25, 0.3) is 5.69 Å². The molecule has 0 saturated carbocycles. The third-order valence-corrected chi connectivity index (χ3v) is 4.01. The molecule has 0 aliphatic heterocycles. The maximum atomic E-state index is 5.97. The molecule has 0 radical (unpaired) electrons. The second-order valence-corrected chi connectivity index (χ2v) is 5.23. The molecule has 0 aliphatic carbocycles. The van der Waals surface area contributed by atoms with E-state index >= 15 is 0 Å². The van der Waals surface area contributed by atoms with E-state index in [9.17, 15) is 0 Å². The SMILES string of the molecule is CCC(C)N(C)C(CN)c1cnn(-c2ccccc2)c1. The van der Waals surface area contributed by atoms with Crippen molar-refractivity contribution in [1.82, 2.24) is 14.7 Å². The molecule has 0 bridgehead atoms. The van der Waals surface area contributed by atoms with Crippen molar-refractivity contribution in [2.75, 3.05) is 13.6 Å². The molecule has 2 unspecified atom stereocenters. The van der Waals surface area contributed by atoms with Crippen LogP contribution in [0.5, 0.6) is 0 Å². The highest BCUT2D eigenvalue weighted by Gasteiger charge is 2.20. The number of hydrogen-bond donors (Lipinski definition) is 1. The number of aromatic nitrogens is 2. The van der Waals surface area contributed by atoms with Gasteiger partial charge in [-0.3, -0.25) is 4.90 Å². The molecule has 4 nitrogen and oxygen atoms in total. The first-order chi connectivity index (χ1) is 9.67. The fourth-order valence-electron chi connectivity index (χ4n) is 2.36. The Labute approximate surface area is 121 Å². The summed E-state index contributed by atoms with van der Waals surface area (Å²) in [5, 5.41) is 4.46. The molecule has 1 heterocycles. The minimum absolute atomic E-state index is 0.211. The first-order valence-electron chi connectivity index (χ1n) is 7.19. The molecular weight excluding hydrogens is 248 g/mol. The van der Waals surface area contributed by atoms with Crippen LogP contribution in [0.3, 0.4) is 0 Å². The zero-order valence-corrected chi connectivity index (χ0v) is 12.5. The highest BCUT2D eigenvalue weighted by atomic mass is 15.3. The number of nitrogens with zero attached hydrogens (tertiary/aromatic N) is 3. The summed E-state index contributed by atoms with van der Waals surface area (Å²) < 4.78 is 1.91. The lowest BCUT2D eigenvalue weighted by Gasteiger charge is -2.31. The summed E-state index contributed by atoms with van der Waals surface area (Å²) in [6.07, 6.45) is 5.11. The zero-order chi connectivity index (χ0) is 14.5. The minimum atomic E-state index is 0.211. The van der Waals surface area contributed by atoms with Crippen molar-refractivity contribution in [1.29, 1.82) is 0 Å². The van der Waals surface area contributed by atoms with Gasteiger partial charge in [0.1, 0.15) is 0 Å². The van der Waals surface area contributed by atoms with Crippen LogP contribution in [0.15, 0.2) is 42.7 Å². The van der Waals surface area contributed by atoms with Crippen LogP contribution in [0.4, 0.5) is 0 Å². The third kappa shape index (κ3) is 3.08. The molecule has 2 aromatic rings. The molecule has 108 valence electrons. The van der Waals surface area contributed by atoms with Crippen molar-refractivity contribution in [2.45, 2.75) is 32.4 Å². The van der Waals surface area contributed by atoms with Gasteiger partial charge in [-0.1, -0.05) is 25.1 Å². The van der Waals surface area contributed by atoms with E-state index in [4.69, 9.17) is 5.73 Å². The standard InChI is InChI=1S/C16H24N4/c1-4-13(2)19(3)16(10-17)14-11-18-20(12-14)15-8-6-5-7-9-15/h5-9,11-13,16H,4,10,17H2,1-3H3. The van der Waals surface area contributed by atoms with E-state index in [0.717, 1.165) is 12.1 Å². The molecule has 20 heavy (non-hydrogen) atoms. The average Bonchev–Trinajstić information content (AvgIpc) is 2.97. The molecule has 0 spiro atoms. The van der Waals surface area contributed by atoms with Gasteiger partial charge in [0.05, 0.1) is 17.9 Å². The summed E-state index contributed by atoms with van der Waals surface area (Å²) in [6.45, 7) is 5.02. The van der Waals surface area contributed by atoms with E-state index in [0.29, 0.717) is 12.6 Å². The monoisotopic (exact) mass is 272 g/mol. The maximum Gasteiger partial charge on any atom is 0.0645 e. The number of likely N-dealkylation sites (N-methyl/N-ethyl adjacent to an activating group) is 1. The number of para-hydroxylation sites is 1. The smallest absolute Gasteiger partial charge is 0.0645 e. The minimum Gasteiger partial charge on any atom is -0.329 e. The number of nitrogens with two attached hydrogens (primary N) is 1. The van der Waals surface area contributed by atoms with E-state index in [1.54, 1.807) is 0 Å². The lowest BCUT2D eigenvalue weighted by atomic mass is 10.1. The highest BCUT2D eigenvalue weighted by molar-refractivity contribution is 5.31. The van der Waals surface area contributed by atoms with Gasteiger partial charge in [-0.2, -0.15) is 5.10 Å². The fourth-order valence-corrected chi connectivity index (χ4v) is 2.36. The predicted molar refractivity (Wildman–Crippen MR) is 82.9 cm³/mol. The summed E-state index contributed by atoms with van der Waals surface area (Å²) in [5.41, 5.74) is 8.20. The third-order valence-electron chi connectivity index (χ3n) is 4.01. The fraction of sp³-hybridized carbons (Fsp3) is 0.438. The molecule has 1 aromatic heterocycles. The second-order valence-electron chi connectivity index (χ2n) is 5.23. The summed E-state index contributed by atoms with van der Waals surface area (Å²) in [4.78, 5) is 2.33. The van der Waals surface area contributed by atoms with Crippen LogP contribution in [-0.4, -0.2) is 34.3 Å². The topological polar surface area (TPSA) is 47.1 Å². The first-order valence-corrected chi connectivity index (χ1v) is 7.19. The van der Waals surface area contributed by atoms with Crippen molar-refractivity contribution in [3.8, 4) is 5.69 Å². The van der Waals surface area contributed by atoms with Crippen LogP contribution < -0.4 is 5.73 Å². The molecule has 2 N–H and O–H groups in total. The van der Waals surface area contributed by atoms with Crippen molar-refractivity contribution >= 4 is 0 Å². The number of hydrogen-bond acceptors (Lipinski definition) is 3. The van der Waals surface area contributed by atoms with E-state index in [1.807, 2.05) is 41.2 Å². The van der Waals surface area contributed by atoms with Crippen LogP contribution in [0.1, 0.15) is 31.9 Å². The van der Waals surface area contributed by atoms with Crippen LogP contribution in [0, 0.1) is 0 Å². The number of rotatable bonds is 6. The summed E-state index contributed by atoms with van der Waals surface area (Å²) >= 11 is 0. The summed E-state index contributed by atoms with van der Waals surface area (Å²) in [5.74, 6) is 0. The summed E-state index contributed by atoms with van der Waals surface area (Å²) in [7, 11) is 2.13. The molecule has 0 aliphatic rings. The molecule has 0 saturated heterocycles. The molecular formula is C16H24N4. The Hall–Kier alpha value is -1.65. The Morgan fingerprint density at radius 3 is 2.60 bits per heavy atom. The predicted octanol–water partition coefficient (Wildman–Crippen LogP) is 2.60. The molecule has 2 rings (SSSR count). The van der Waals surface area contributed by atoms with Gasteiger partial charge < -0.3 is 5.73 Å². The lowest BCUT2D eigenvalue weighted by molar-refractivity contribution is 0.184. The molecule has 1 aromatic carbocycles. The van der Waals surface area contributed by atoms with Crippen molar-refractivity contribution in [2.24, 2.45) is 5.73 Å². The highest BCUT2D eigenvalue weighted by Crippen LogP contribution is 2.22. The quantitative estimate of drug-likeness (QED) is 0.879. The molecule has 2 atom stereocenters.